The van der Waals surface area contributed by atoms with E-state index in [9.17, 15) is 5.26 Å². The van der Waals surface area contributed by atoms with Gasteiger partial charge in [0.05, 0.1) is 26.0 Å². The highest BCUT2D eigenvalue weighted by Gasteiger charge is 2.16. The van der Waals surface area contributed by atoms with E-state index >= 15 is 0 Å². The number of methoxy groups -OCH3 is 1. The van der Waals surface area contributed by atoms with Gasteiger partial charge in [-0.05, 0) is 12.1 Å². The molecule has 2 aromatic rings. The van der Waals surface area contributed by atoms with Crippen LogP contribution in [-0.2, 0) is 4.74 Å². The second-order valence-corrected chi connectivity index (χ2v) is 4.88. The largest absolute Gasteiger partial charge is 0.497 e. The fraction of sp³-hybridized carbons (Fsp3) is 0.312. The highest BCUT2D eigenvalue weighted by Crippen LogP contribution is 2.24. The molecule has 1 aromatic carbocycles. The van der Waals surface area contributed by atoms with E-state index in [4.69, 9.17) is 9.47 Å². The molecule has 22 heavy (non-hydrogen) atoms. The summed E-state index contributed by atoms with van der Waals surface area (Å²) in [6.07, 6.45) is 0. The topological polar surface area (TPSA) is 71.3 Å². The van der Waals surface area contributed by atoms with Gasteiger partial charge in [0, 0.05) is 24.7 Å². The maximum Gasteiger partial charge on any atom is 0.227 e. The Hall–Kier alpha value is -2.65. The minimum atomic E-state index is 0.356. The third-order valence-corrected chi connectivity index (χ3v) is 3.49. The number of hydrogen-bond donors (Lipinski definition) is 0. The van der Waals surface area contributed by atoms with E-state index in [-0.39, 0.29) is 0 Å². The molecular weight excluding hydrogens is 280 g/mol. The zero-order chi connectivity index (χ0) is 15.4. The summed E-state index contributed by atoms with van der Waals surface area (Å²) in [5.41, 5.74) is 1.97. The lowest BCUT2D eigenvalue weighted by atomic mass is 10.1. The van der Waals surface area contributed by atoms with Gasteiger partial charge in [-0.3, -0.25) is 0 Å². The Labute approximate surface area is 128 Å². The van der Waals surface area contributed by atoms with E-state index in [1.165, 1.54) is 0 Å². The summed E-state index contributed by atoms with van der Waals surface area (Å²) < 4.78 is 10.6. The molecule has 2 heterocycles. The van der Waals surface area contributed by atoms with Gasteiger partial charge in [-0.15, -0.1) is 0 Å². The zero-order valence-corrected chi connectivity index (χ0v) is 12.3. The maximum atomic E-state index is 9.22. The fourth-order valence-electron chi connectivity index (χ4n) is 2.33. The Morgan fingerprint density at radius 2 is 2.05 bits per heavy atom. The average molecular weight is 296 g/mol. The fourth-order valence-corrected chi connectivity index (χ4v) is 2.33. The van der Waals surface area contributed by atoms with Crippen LogP contribution < -0.4 is 9.64 Å². The Morgan fingerprint density at radius 1 is 1.23 bits per heavy atom. The molecule has 0 saturated carbocycles. The van der Waals surface area contributed by atoms with E-state index in [2.05, 4.69) is 16.0 Å². The Morgan fingerprint density at radius 3 is 2.77 bits per heavy atom. The molecule has 0 N–H and O–H groups in total. The second kappa shape index (κ2) is 6.41. The van der Waals surface area contributed by atoms with Gasteiger partial charge in [0.1, 0.15) is 17.5 Å². The van der Waals surface area contributed by atoms with E-state index in [0.717, 1.165) is 24.4 Å². The normalized spacial score (nSPS) is 14.5. The highest BCUT2D eigenvalue weighted by molar-refractivity contribution is 5.63. The first-order valence-corrected chi connectivity index (χ1v) is 7.06. The van der Waals surface area contributed by atoms with E-state index in [1.807, 2.05) is 29.2 Å². The van der Waals surface area contributed by atoms with Crippen LogP contribution in [0.25, 0.3) is 11.3 Å². The summed E-state index contributed by atoms with van der Waals surface area (Å²) in [7, 11) is 1.62. The number of anilines is 1. The van der Waals surface area contributed by atoms with E-state index in [0.29, 0.717) is 30.5 Å². The SMILES string of the molecule is COc1cccc(-c2cc(C#N)nc(N3CCOCC3)n2)c1. The van der Waals surface area contributed by atoms with Crippen LogP contribution in [0.3, 0.4) is 0 Å². The van der Waals surface area contributed by atoms with Crippen molar-refractivity contribution in [1.82, 2.24) is 9.97 Å². The molecule has 112 valence electrons. The van der Waals surface area contributed by atoms with Crippen LogP contribution in [0, 0.1) is 11.3 Å². The zero-order valence-electron chi connectivity index (χ0n) is 12.3. The monoisotopic (exact) mass is 296 g/mol. The summed E-state index contributed by atoms with van der Waals surface area (Å²) in [5.74, 6) is 1.32. The number of nitrogens with zero attached hydrogens (tertiary/aromatic N) is 4. The Kier molecular flexibility index (Phi) is 4.17. The standard InChI is InChI=1S/C16H16N4O2/c1-21-14-4-2-3-12(9-14)15-10-13(11-17)18-16(19-15)20-5-7-22-8-6-20/h2-4,9-10H,5-8H2,1H3. The number of hydrogen-bond acceptors (Lipinski definition) is 6. The van der Waals surface area contributed by atoms with Gasteiger partial charge in [-0.25, -0.2) is 9.97 Å². The third kappa shape index (κ3) is 3.00. The molecule has 1 fully saturated rings. The first kappa shape index (κ1) is 14.3. The second-order valence-electron chi connectivity index (χ2n) is 4.88. The van der Waals surface area contributed by atoms with Crippen LogP contribution in [0.1, 0.15) is 5.69 Å². The smallest absolute Gasteiger partial charge is 0.227 e. The van der Waals surface area contributed by atoms with Crippen molar-refractivity contribution in [3.05, 3.63) is 36.0 Å². The summed E-state index contributed by atoms with van der Waals surface area (Å²) in [6, 6.07) is 11.4. The molecular formula is C16H16N4O2. The summed E-state index contributed by atoms with van der Waals surface area (Å²) in [4.78, 5) is 10.9. The third-order valence-electron chi connectivity index (χ3n) is 3.49. The lowest BCUT2D eigenvalue weighted by molar-refractivity contribution is 0.122. The maximum absolute atomic E-state index is 9.22. The van der Waals surface area contributed by atoms with Crippen LogP contribution >= 0.6 is 0 Å². The molecule has 6 heteroatoms. The number of aromatic nitrogens is 2. The molecule has 3 rings (SSSR count). The van der Waals surface area contributed by atoms with Crippen LogP contribution in [0.5, 0.6) is 5.75 Å². The van der Waals surface area contributed by atoms with Gasteiger partial charge in [0.15, 0.2) is 0 Å². The molecule has 0 unspecified atom stereocenters. The van der Waals surface area contributed by atoms with Crippen molar-refractivity contribution in [2.45, 2.75) is 0 Å². The van der Waals surface area contributed by atoms with E-state index < -0.39 is 0 Å². The minimum absolute atomic E-state index is 0.356. The van der Waals surface area contributed by atoms with Crippen LogP contribution in [0.2, 0.25) is 0 Å². The molecule has 1 saturated heterocycles. The van der Waals surface area contributed by atoms with Crippen molar-refractivity contribution in [3.8, 4) is 23.1 Å². The minimum Gasteiger partial charge on any atom is -0.497 e. The van der Waals surface area contributed by atoms with Crippen molar-refractivity contribution < 1.29 is 9.47 Å². The van der Waals surface area contributed by atoms with Crippen LogP contribution in [0.4, 0.5) is 5.95 Å². The van der Waals surface area contributed by atoms with Crippen molar-refractivity contribution in [2.75, 3.05) is 38.3 Å². The van der Waals surface area contributed by atoms with Gasteiger partial charge in [0.2, 0.25) is 5.95 Å². The summed E-state index contributed by atoms with van der Waals surface area (Å²) >= 11 is 0. The predicted octanol–water partition coefficient (Wildman–Crippen LogP) is 1.86. The van der Waals surface area contributed by atoms with Gasteiger partial charge < -0.3 is 14.4 Å². The molecule has 0 atom stereocenters. The number of nitriles is 1. The molecule has 0 spiro atoms. The molecule has 1 aliphatic heterocycles. The predicted molar refractivity (Wildman–Crippen MR) is 81.8 cm³/mol. The first-order valence-electron chi connectivity index (χ1n) is 7.06. The van der Waals surface area contributed by atoms with Crippen molar-refractivity contribution >= 4 is 5.95 Å². The number of rotatable bonds is 3. The molecule has 0 radical (unpaired) electrons. The number of morpholine rings is 1. The molecule has 0 bridgehead atoms. The van der Waals surface area contributed by atoms with Crippen molar-refractivity contribution in [2.24, 2.45) is 0 Å². The van der Waals surface area contributed by atoms with Crippen LogP contribution in [-0.4, -0.2) is 43.4 Å². The Bertz CT molecular complexity index is 706. The summed E-state index contributed by atoms with van der Waals surface area (Å²) in [5, 5.41) is 9.22. The quantitative estimate of drug-likeness (QED) is 0.861. The van der Waals surface area contributed by atoms with Gasteiger partial charge >= 0.3 is 0 Å². The molecule has 0 amide bonds. The number of benzene rings is 1. The van der Waals surface area contributed by atoms with Gasteiger partial charge in [-0.1, -0.05) is 12.1 Å². The lowest BCUT2D eigenvalue weighted by Crippen LogP contribution is -2.37. The lowest BCUT2D eigenvalue weighted by Gasteiger charge is -2.27. The molecule has 6 nitrogen and oxygen atoms in total. The van der Waals surface area contributed by atoms with Gasteiger partial charge in [-0.2, -0.15) is 5.26 Å². The van der Waals surface area contributed by atoms with Crippen LogP contribution in [0.15, 0.2) is 30.3 Å². The highest BCUT2D eigenvalue weighted by atomic mass is 16.5. The van der Waals surface area contributed by atoms with Crippen molar-refractivity contribution in [3.63, 3.8) is 0 Å². The molecule has 0 aliphatic carbocycles. The number of ether oxygens (including phenoxy) is 2. The Balaban J connectivity index is 2.01. The first-order chi connectivity index (χ1) is 10.8. The van der Waals surface area contributed by atoms with E-state index in [1.54, 1.807) is 13.2 Å². The summed E-state index contributed by atoms with van der Waals surface area (Å²) in [6.45, 7) is 2.75. The van der Waals surface area contributed by atoms with Gasteiger partial charge in [0.25, 0.3) is 0 Å². The van der Waals surface area contributed by atoms with Crippen molar-refractivity contribution in [1.29, 1.82) is 5.26 Å². The molecule has 1 aromatic heterocycles. The average Bonchev–Trinajstić information content (AvgIpc) is 2.62. The molecule has 1 aliphatic rings.